The third kappa shape index (κ3) is 10.4. The van der Waals surface area contributed by atoms with Gasteiger partial charge in [0.1, 0.15) is 18.2 Å². The number of carbonyl (C=O) groups is 4. The summed E-state index contributed by atoms with van der Waals surface area (Å²) in [6.07, 6.45) is 4.60. The van der Waals surface area contributed by atoms with Crippen LogP contribution >= 0.6 is 0 Å². The van der Waals surface area contributed by atoms with Gasteiger partial charge in [0.15, 0.2) is 0 Å². The van der Waals surface area contributed by atoms with Gasteiger partial charge >= 0.3 is 5.97 Å². The third-order valence-electron chi connectivity index (χ3n) is 6.81. The lowest BCUT2D eigenvalue weighted by atomic mass is 9.95. The van der Waals surface area contributed by atoms with Crippen molar-refractivity contribution in [3.05, 3.63) is 11.6 Å². The van der Waals surface area contributed by atoms with Gasteiger partial charge < -0.3 is 20.3 Å². The maximum absolute atomic E-state index is 13.7. The Kier molecular flexibility index (Phi) is 13.0. The topological polar surface area (TPSA) is 108 Å². The van der Waals surface area contributed by atoms with Crippen molar-refractivity contribution in [1.82, 2.24) is 20.4 Å². The van der Waals surface area contributed by atoms with E-state index in [1.54, 1.807) is 45.7 Å². The number of amides is 3. The van der Waals surface area contributed by atoms with Gasteiger partial charge in [-0.25, -0.2) is 0 Å². The maximum Gasteiger partial charge on any atom is 0.325 e. The number of rotatable bonds is 11. The number of carbonyl (C=O) groups excluding carboxylic acids is 4. The predicted molar refractivity (Wildman–Crippen MR) is 150 cm³/mol. The predicted octanol–water partition coefficient (Wildman–Crippen LogP) is 3.28. The monoisotopic (exact) mass is 536 g/mol. The van der Waals surface area contributed by atoms with Crippen LogP contribution in [0.15, 0.2) is 11.6 Å². The van der Waals surface area contributed by atoms with Crippen molar-refractivity contribution in [2.75, 3.05) is 20.1 Å². The Balaban J connectivity index is 2.99. The Morgan fingerprint density at radius 2 is 1.63 bits per heavy atom. The van der Waals surface area contributed by atoms with Gasteiger partial charge in [0, 0.05) is 18.7 Å². The zero-order chi connectivity index (χ0) is 29.4. The molecule has 1 aliphatic rings. The summed E-state index contributed by atoms with van der Waals surface area (Å²) in [7, 11) is 1.71. The standard InChI is InChI=1S/C29H52N4O5/c1-18(2)23(16-21(7)26(35)30-17-24(34)38-29(8,9)10)32(11)28(37)25(19(3)4)31-27(36)22-14-12-13-15-33(22)20(5)6/h16,18-20,22-23,25H,12-15,17H2,1-11H3,(H,30,35)(H,31,36)/b21-16+. The van der Waals surface area contributed by atoms with Gasteiger partial charge in [0.2, 0.25) is 17.7 Å². The summed E-state index contributed by atoms with van der Waals surface area (Å²) in [4.78, 5) is 55.4. The normalized spacial score (nSPS) is 18.8. The number of piperidine rings is 1. The second kappa shape index (κ2) is 14.7. The molecule has 0 radical (unpaired) electrons. The van der Waals surface area contributed by atoms with E-state index in [4.69, 9.17) is 4.74 Å². The summed E-state index contributed by atoms with van der Waals surface area (Å²) in [5.74, 6) is -1.32. The highest BCUT2D eigenvalue weighted by Crippen LogP contribution is 2.21. The van der Waals surface area contributed by atoms with Crippen LogP contribution in [0.5, 0.6) is 0 Å². The van der Waals surface area contributed by atoms with Gasteiger partial charge in [-0.15, -0.1) is 0 Å². The molecule has 0 spiro atoms. The summed E-state index contributed by atoms with van der Waals surface area (Å²) in [5.41, 5.74) is -0.239. The second-order valence-electron chi connectivity index (χ2n) is 12.4. The van der Waals surface area contributed by atoms with Crippen LogP contribution in [0.1, 0.15) is 88.5 Å². The molecule has 1 fully saturated rings. The number of hydrogen-bond donors (Lipinski definition) is 2. The molecule has 3 amide bonds. The molecule has 1 saturated heterocycles. The van der Waals surface area contributed by atoms with Gasteiger partial charge in [-0.3, -0.25) is 24.1 Å². The Morgan fingerprint density at radius 1 is 1.03 bits per heavy atom. The Bertz CT molecular complexity index is 860. The van der Waals surface area contributed by atoms with E-state index in [1.807, 2.05) is 27.7 Å². The molecule has 9 nitrogen and oxygen atoms in total. The smallest absolute Gasteiger partial charge is 0.325 e. The lowest BCUT2D eigenvalue weighted by Gasteiger charge is -2.39. The molecule has 0 aromatic rings. The second-order valence-corrected chi connectivity index (χ2v) is 12.4. The molecule has 0 aromatic heterocycles. The van der Waals surface area contributed by atoms with E-state index in [9.17, 15) is 19.2 Å². The van der Waals surface area contributed by atoms with Gasteiger partial charge in [0.25, 0.3) is 0 Å². The number of likely N-dealkylation sites (N-methyl/N-ethyl adjacent to an activating group) is 1. The molecule has 9 heteroatoms. The van der Waals surface area contributed by atoms with Crippen LogP contribution in [0.2, 0.25) is 0 Å². The van der Waals surface area contributed by atoms with E-state index in [1.165, 1.54) is 0 Å². The van der Waals surface area contributed by atoms with E-state index < -0.39 is 23.5 Å². The molecule has 38 heavy (non-hydrogen) atoms. The Morgan fingerprint density at radius 3 is 2.13 bits per heavy atom. The Labute approximate surface area is 230 Å². The van der Waals surface area contributed by atoms with Gasteiger partial charge in [-0.05, 0) is 72.8 Å². The molecule has 0 saturated carbocycles. The highest BCUT2D eigenvalue weighted by Gasteiger charge is 2.36. The van der Waals surface area contributed by atoms with Crippen molar-refractivity contribution < 1.29 is 23.9 Å². The average molecular weight is 537 g/mol. The SMILES string of the molecule is C/C(=C\C(C(C)C)N(C)C(=O)C(NC(=O)C1CCCCN1C(C)C)C(C)C)C(=O)NCC(=O)OC(C)(C)C. The van der Waals surface area contributed by atoms with Gasteiger partial charge in [-0.1, -0.05) is 40.2 Å². The molecule has 1 heterocycles. The molecule has 3 atom stereocenters. The van der Waals surface area contributed by atoms with E-state index >= 15 is 0 Å². The lowest BCUT2D eigenvalue weighted by Crippen LogP contribution is -2.58. The summed E-state index contributed by atoms with van der Waals surface area (Å²) in [5, 5.41) is 5.64. The quantitative estimate of drug-likeness (QED) is 0.310. The van der Waals surface area contributed by atoms with Crippen molar-refractivity contribution >= 4 is 23.7 Å². The summed E-state index contributed by atoms with van der Waals surface area (Å²) in [6.45, 7) is 19.6. The van der Waals surface area contributed by atoms with Crippen LogP contribution < -0.4 is 10.6 Å². The first-order valence-corrected chi connectivity index (χ1v) is 14.0. The Hall–Kier alpha value is -2.42. The van der Waals surface area contributed by atoms with Crippen LogP contribution in [0.4, 0.5) is 0 Å². The fraction of sp³-hybridized carbons (Fsp3) is 0.793. The van der Waals surface area contributed by atoms with Crippen LogP contribution in [0.25, 0.3) is 0 Å². The molecule has 3 unspecified atom stereocenters. The average Bonchev–Trinajstić information content (AvgIpc) is 2.81. The summed E-state index contributed by atoms with van der Waals surface area (Å²) in [6, 6.07) is -1.05. The number of nitrogens with zero attached hydrogens (tertiary/aromatic N) is 2. The molecule has 1 aliphatic heterocycles. The van der Waals surface area contributed by atoms with E-state index in [2.05, 4.69) is 29.4 Å². The van der Waals surface area contributed by atoms with Crippen LogP contribution in [0, 0.1) is 11.8 Å². The van der Waals surface area contributed by atoms with Crippen molar-refractivity contribution in [2.45, 2.75) is 118 Å². The molecule has 1 rings (SSSR count). The number of ether oxygens (including phenoxy) is 1. The molecular weight excluding hydrogens is 484 g/mol. The first-order chi connectivity index (χ1) is 17.5. The third-order valence-corrected chi connectivity index (χ3v) is 6.81. The zero-order valence-corrected chi connectivity index (χ0v) is 25.5. The molecule has 0 aliphatic carbocycles. The largest absolute Gasteiger partial charge is 0.459 e. The van der Waals surface area contributed by atoms with Gasteiger partial charge in [-0.2, -0.15) is 0 Å². The van der Waals surface area contributed by atoms with Crippen LogP contribution in [0.3, 0.4) is 0 Å². The minimum atomic E-state index is -0.681. The molecule has 218 valence electrons. The lowest BCUT2D eigenvalue weighted by molar-refractivity contribution is -0.154. The van der Waals surface area contributed by atoms with Crippen LogP contribution in [-0.2, 0) is 23.9 Å². The molecule has 0 bridgehead atoms. The fourth-order valence-electron chi connectivity index (χ4n) is 4.74. The number of nitrogens with one attached hydrogen (secondary N) is 2. The maximum atomic E-state index is 13.7. The highest BCUT2D eigenvalue weighted by molar-refractivity contribution is 5.95. The van der Waals surface area contributed by atoms with Crippen LogP contribution in [-0.4, -0.2) is 83.4 Å². The molecule has 2 N–H and O–H groups in total. The first-order valence-electron chi connectivity index (χ1n) is 14.0. The minimum Gasteiger partial charge on any atom is -0.459 e. The van der Waals surface area contributed by atoms with E-state index in [0.717, 1.165) is 25.8 Å². The van der Waals surface area contributed by atoms with Crippen molar-refractivity contribution in [2.24, 2.45) is 11.8 Å². The minimum absolute atomic E-state index is 0.0100. The molecule has 0 aromatic carbocycles. The molecular formula is C29H52N4O5. The van der Waals surface area contributed by atoms with Crippen molar-refractivity contribution in [1.29, 1.82) is 0 Å². The fourth-order valence-corrected chi connectivity index (χ4v) is 4.74. The van der Waals surface area contributed by atoms with E-state index in [0.29, 0.717) is 5.57 Å². The summed E-state index contributed by atoms with van der Waals surface area (Å²) >= 11 is 0. The summed E-state index contributed by atoms with van der Waals surface area (Å²) < 4.78 is 5.24. The number of esters is 1. The van der Waals surface area contributed by atoms with E-state index in [-0.39, 0.29) is 48.3 Å². The highest BCUT2D eigenvalue weighted by atomic mass is 16.6. The van der Waals surface area contributed by atoms with Crippen molar-refractivity contribution in [3.8, 4) is 0 Å². The van der Waals surface area contributed by atoms with Crippen molar-refractivity contribution in [3.63, 3.8) is 0 Å². The number of likely N-dealkylation sites (tertiary alicyclic amines) is 1. The zero-order valence-electron chi connectivity index (χ0n) is 25.5. The van der Waals surface area contributed by atoms with Gasteiger partial charge in [0.05, 0.1) is 12.1 Å². The number of hydrogen-bond acceptors (Lipinski definition) is 6. The first kappa shape index (κ1) is 33.6.